The Morgan fingerprint density at radius 3 is 1.43 bits per heavy atom. The fourth-order valence-electron chi connectivity index (χ4n) is 15.3. The number of pyridine rings is 1. The van der Waals surface area contributed by atoms with Gasteiger partial charge in [0.25, 0.3) is 0 Å². The first-order valence-corrected chi connectivity index (χ1v) is 29.1. The van der Waals surface area contributed by atoms with Gasteiger partial charge in [-0.05, 0) is 133 Å². The smallest absolute Gasteiger partial charge is 0.137 e. The van der Waals surface area contributed by atoms with Crippen LogP contribution in [0.4, 0.5) is 22.7 Å². The van der Waals surface area contributed by atoms with Gasteiger partial charge in [0.2, 0.25) is 0 Å². The number of rotatable bonds is 10. The van der Waals surface area contributed by atoms with E-state index in [0.29, 0.717) is 6.67 Å². The molecule has 8 aromatic carbocycles. The highest BCUT2D eigenvalue weighted by molar-refractivity contribution is 6.09. The summed E-state index contributed by atoms with van der Waals surface area (Å²) in [5.74, 6) is 2.41. The van der Waals surface area contributed by atoms with Gasteiger partial charge in [-0.15, -0.1) is 0 Å². The molecule has 3 heterocycles. The van der Waals surface area contributed by atoms with Crippen LogP contribution in [0.3, 0.4) is 0 Å². The topological polar surface area (TPSA) is 33.5 Å². The molecule has 5 nitrogen and oxygen atoms in total. The maximum atomic E-state index is 7.01. The molecule has 0 N–H and O–H groups in total. The summed E-state index contributed by atoms with van der Waals surface area (Å²) in [4.78, 5) is 10.1. The molecule has 0 fully saturated rings. The molecular formula is C76H82N4O. The molecule has 412 valence electrons. The molecule has 81 heavy (non-hydrogen) atoms. The first-order valence-electron chi connectivity index (χ1n) is 29.1. The Morgan fingerprint density at radius 2 is 0.877 bits per heavy atom. The quantitative estimate of drug-likeness (QED) is 0.137. The van der Waals surface area contributed by atoms with Gasteiger partial charge in [0.15, 0.2) is 0 Å². The molecule has 2 aromatic heterocycles. The van der Waals surface area contributed by atoms with Crippen LogP contribution in [0.25, 0.3) is 38.8 Å². The van der Waals surface area contributed by atoms with Gasteiger partial charge in [-0.3, -0.25) is 4.57 Å². The van der Waals surface area contributed by atoms with Crippen molar-refractivity contribution in [3.8, 4) is 28.4 Å². The van der Waals surface area contributed by atoms with Crippen LogP contribution in [-0.4, -0.2) is 16.2 Å². The fourth-order valence-corrected chi connectivity index (χ4v) is 15.3. The number of benzene rings is 8. The maximum absolute atomic E-state index is 7.01. The minimum Gasteiger partial charge on any atom is -0.457 e. The van der Waals surface area contributed by atoms with Crippen molar-refractivity contribution >= 4 is 44.6 Å². The Bertz CT molecular complexity index is 3790. The first kappa shape index (κ1) is 55.0. The summed E-state index contributed by atoms with van der Waals surface area (Å²) >= 11 is 0. The van der Waals surface area contributed by atoms with E-state index < -0.39 is 10.8 Å². The summed E-state index contributed by atoms with van der Waals surface area (Å²) < 4.78 is 9.29. The zero-order chi connectivity index (χ0) is 57.5. The van der Waals surface area contributed by atoms with Crippen LogP contribution >= 0.6 is 0 Å². The summed E-state index contributed by atoms with van der Waals surface area (Å²) in [6.07, 6.45) is 1.94. The third-order valence-corrected chi connectivity index (χ3v) is 17.8. The van der Waals surface area contributed by atoms with Crippen molar-refractivity contribution in [1.29, 1.82) is 0 Å². The summed E-state index contributed by atoms with van der Waals surface area (Å²) in [5.41, 5.74) is 13.4. The average molecular weight is 1070 g/mol. The third-order valence-electron chi connectivity index (χ3n) is 17.8. The Labute approximate surface area is 483 Å². The van der Waals surface area contributed by atoms with E-state index in [2.05, 4.69) is 324 Å². The van der Waals surface area contributed by atoms with Gasteiger partial charge in [0.05, 0.1) is 28.1 Å². The molecule has 0 saturated carbocycles. The summed E-state index contributed by atoms with van der Waals surface area (Å²) in [6, 6.07) is 76.3. The second-order valence-electron chi connectivity index (χ2n) is 27.8. The fraction of sp³-hybridized carbons (Fsp3) is 0.303. The Morgan fingerprint density at radius 1 is 0.383 bits per heavy atom. The molecule has 0 atom stereocenters. The van der Waals surface area contributed by atoms with Gasteiger partial charge in [0.1, 0.15) is 24.0 Å². The molecule has 0 aliphatic carbocycles. The van der Waals surface area contributed by atoms with Gasteiger partial charge in [-0.2, -0.15) is 0 Å². The highest BCUT2D eigenvalue weighted by Gasteiger charge is 2.59. The number of anilines is 4. The minimum atomic E-state index is -0.539. The Balaban J connectivity index is 1.14. The molecule has 0 amide bonds. The van der Waals surface area contributed by atoms with E-state index in [1.165, 1.54) is 50.0 Å². The van der Waals surface area contributed by atoms with Gasteiger partial charge in [-0.1, -0.05) is 231 Å². The van der Waals surface area contributed by atoms with Crippen LogP contribution in [0.5, 0.6) is 11.5 Å². The molecule has 1 aliphatic rings. The van der Waals surface area contributed by atoms with Crippen molar-refractivity contribution in [3.05, 3.63) is 240 Å². The predicted molar refractivity (Wildman–Crippen MR) is 344 cm³/mol. The molecule has 0 spiro atoms. The van der Waals surface area contributed by atoms with Crippen LogP contribution in [0, 0.1) is 21.7 Å². The average Bonchev–Trinajstić information content (AvgIpc) is 1.66. The minimum absolute atomic E-state index is 0.0304. The van der Waals surface area contributed by atoms with Gasteiger partial charge >= 0.3 is 0 Å². The normalized spacial score (nSPS) is 13.8. The lowest BCUT2D eigenvalue weighted by molar-refractivity contribution is 0.0854. The Hall–Kier alpha value is -7.89. The largest absolute Gasteiger partial charge is 0.457 e. The second-order valence-corrected chi connectivity index (χ2v) is 27.8. The predicted octanol–water partition coefficient (Wildman–Crippen LogP) is 20.9. The number of hydrogen-bond donors (Lipinski definition) is 0. The molecule has 0 radical (unpaired) electrons. The second kappa shape index (κ2) is 20.0. The van der Waals surface area contributed by atoms with E-state index in [4.69, 9.17) is 9.72 Å². The number of aromatic nitrogens is 2. The number of ether oxygens (including phenoxy) is 1. The van der Waals surface area contributed by atoms with Gasteiger partial charge < -0.3 is 14.5 Å². The van der Waals surface area contributed by atoms with E-state index in [9.17, 15) is 0 Å². The molecular weight excluding hydrogens is 985 g/mol. The number of fused-ring (bicyclic) bond motifs is 4. The highest BCUT2D eigenvalue weighted by Crippen LogP contribution is 2.66. The lowest BCUT2D eigenvalue weighted by atomic mass is 9.45. The van der Waals surface area contributed by atoms with Crippen LogP contribution in [0.15, 0.2) is 212 Å². The lowest BCUT2D eigenvalue weighted by Crippen LogP contribution is -2.54. The van der Waals surface area contributed by atoms with Gasteiger partial charge in [0, 0.05) is 45.6 Å². The van der Waals surface area contributed by atoms with Crippen molar-refractivity contribution < 1.29 is 4.74 Å². The first-order chi connectivity index (χ1) is 38.4. The van der Waals surface area contributed by atoms with Crippen molar-refractivity contribution in [2.75, 3.05) is 16.5 Å². The maximum Gasteiger partial charge on any atom is 0.137 e. The van der Waals surface area contributed by atoms with E-state index in [1.54, 1.807) is 0 Å². The van der Waals surface area contributed by atoms with Crippen molar-refractivity contribution in [3.63, 3.8) is 0 Å². The summed E-state index contributed by atoms with van der Waals surface area (Å²) in [6.45, 7) is 36.9. The molecule has 1 aliphatic heterocycles. The highest BCUT2D eigenvalue weighted by atomic mass is 16.5. The molecule has 0 saturated heterocycles. The van der Waals surface area contributed by atoms with E-state index in [1.807, 2.05) is 6.20 Å². The monoisotopic (exact) mass is 1070 g/mol. The zero-order valence-electron chi connectivity index (χ0n) is 50.6. The van der Waals surface area contributed by atoms with Crippen LogP contribution in [0.1, 0.15) is 132 Å². The van der Waals surface area contributed by atoms with Crippen molar-refractivity contribution in [2.45, 2.75) is 120 Å². The number of para-hydroxylation sites is 3. The van der Waals surface area contributed by atoms with E-state index >= 15 is 0 Å². The third kappa shape index (κ3) is 9.12. The van der Waals surface area contributed by atoms with Crippen molar-refractivity contribution in [2.24, 2.45) is 21.7 Å². The number of nitrogens with zero attached hydrogens (tertiary/aromatic N) is 4. The molecule has 0 unspecified atom stereocenters. The number of hydrogen-bond acceptors (Lipinski definition) is 4. The van der Waals surface area contributed by atoms with Crippen molar-refractivity contribution in [1.82, 2.24) is 9.55 Å². The lowest BCUT2D eigenvalue weighted by Gasteiger charge is -2.59. The molecule has 10 aromatic rings. The van der Waals surface area contributed by atoms with E-state index in [-0.39, 0.29) is 27.1 Å². The summed E-state index contributed by atoms with van der Waals surface area (Å²) in [5, 5.41) is 2.33. The van der Waals surface area contributed by atoms with Crippen LogP contribution < -0.4 is 14.5 Å². The van der Waals surface area contributed by atoms with Gasteiger partial charge in [-0.25, -0.2) is 4.98 Å². The molecule has 0 bridgehead atoms. The van der Waals surface area contributed by atoms with Crippen LogP contribution in [-0.2, 0) is 16.2 Å². The SMILES string of the molecule is CC(C)(C)c1ccnc(-n2c3ccccc3c3ccc(Oc4cccc(N5CN(c6c(C(c7ccccc7)(C(C)(C)C)C(C)(C)C)cc(-c7ccccc7)cc6C(c6ccccc6)(C(C)(C)C)C(C)(C)C)c6ccccc65)c4)cc32)c1. The standard InChI is InChI=1S/C76H82N4O/c1-70(2,3)56-44-45-77-68(48-56)80-64-39-26-25-38-60(64)61-43-42-59(50-67(61)80)81-58-37-29-36-57(49-58)78-51-79(66-41-28-27-40-65(66)78)69-62(75(71(4,5)6,72(7,8)9)54-32-21-17-22-33-54)46-53(52-30-19-16-20-31-52)47-63(69)76(73(10,11)12,74(13,14)15)55-34-23-18-24-35-55/h16-50H,51H2,1-15H3. The zero-order valence-corrected chi connectivity index (χ0v) is 50.6. The summed E-state index contributed by atoms with van der Waals surface area (Å²) in [7, 11) is 0. The molecule has 11 rings (SSSR count). The molecule has 5 heteroatoms. The van der Waals surface area contributed by atoms with E-state index in [0.717, 1.165) is 50.8 Å². The Kier molecular flexibility index (Phi) is 13.6. The van der Waals surface area contributed by atoms with Crippen LogP contribution in [0.2, 0.25) is 0 Å².